The third-order valence-corrected chi connectivity index (χ3v) is 6.44. The highest BCUT2D eigenvalue weighted by molar-refractivity contribution is 5.72. The number of hydrogen-bond donors (Lipinski definition) is 0. The minimum absolute atomic E-state index is 0.0174. The van der Waals surface area contributed by atoms with Crippen LogP contribution in [0.25, 0.3) is 0 Å². The molecular formula is C28H54O4. The van der Waals surface area contributed by atoms with E-state index in [1.807, 2.05) is 0 Å². The van der Waals surface area contributed by atoms with Gasteiger partial charge in [0.1, 0.15) is 0 Å². The molecule has 0 spiro atoms. The van der Waals surface area contributed by atoms with Crippen molar-refractivity contribution in [2.24, 2.45) is 23.7 Å². The Kier molecular flexibility index (Phi) is 19.9. The van der Waals surface area contributed by atoms with Crippen LogP contribution in [0.15, 0.2) is 0 Å². The Morgan fingerprint density at radius 1 is 0.625 bits per heavy atom. The standard InChI is InChI=1S/C28H54O4/c1-7-25(26(8-2)28(30)32-22-20-24(5)6)17-15-13-11-9-10-12-14-16-18-27(29)31-21-19-23(3)4/h23-26H,7-22H2,1-6H3. The van der Waals surface area contributed by atoms with Crippen LogP contribution in [-0.4, -0.2) is 25.2 Å². The first-order valence-electron chi connectivity index (χ1n) is 13.6. The van der Waals surface area contributed by atoms with Crippen molar-refractivity contribution in [1.82, 2.24) is 0 Å². The molecule has 0 aliphatic rings. The Hall–Kier alpha value is -1.06. The maximum absolute atomic E-state index is 12.5. The van der Waals surface area contributed by atoms with E-state index in [0.717, 1.165) is 44.9 Å². The molecule has 0 radical (unpaired) electrons. The van der Waals surface area contributed by atoms with Crippen molar-refractivity contribution < 1.29 is 19.1 Å². The van der Waals surface area contributed by atoms with E-state index in [2.05, 4.69) is 41.5 Å². The summed E-state index contributed by atoms with van der Waals surface area (Å²) in [5.41, 5.74) is 0. The first kappa shape index (κ1) is 30.9. The maximum Gasteiger partial charge on any atom is 0.309 e. The summed E-state index contributed by atoms with van der Waals surface area (Å²) in [6.07, 6.45) is 15.0. The highest BCUT2D eigenvalue weighted by atomic mass is 16.5. The summed E-state index contributed by atoms with van der Waals surface area (Å²) in [4.78, 5) is 24.1. The molecule has 0 fully saturated rings. The Morgan fingerprint density at radius 3 is 1.62 bits per heavy atom. The molecule has 190 valence electrons. The Labute approximate surface area is 199 Å². The smallest absolute Gasteiger partial charge is 0.309 e. The zero-order valence-corrected chi connectivity index (χ0v) is 22.3. The van der Waals surface area contributed by atoms with Crippen molar-refractivity contribution in [2.45, 2.75) is 131 Å². The number of unbranched alkanes of at least 4 members (excludes halogenated alkanes) is 7. The van der Waals surface area contributed by atoms with Gasteiger partial charge in [0.15, 0.2) is 0 Å². The molecule has 32 heavy (non-hydrogen) atoms. The van der Waals surface area contributed by atoms with Crippen molar-refractivity contribution in [3.05, 3.63) is 0 Å². The third-order valence-electron chi connectivity index (χ3n) is 6.44. The van der Waals surface area contributed by atoms with Gasteiger partial charge in [0.05, 0.1) is 19.1 Å². The lowest BCUT2D eigenvalue weighted by Gasteiger charge is -2.24. The summed E-state index contributed by atoms with van der Waals surface area (Å²) >= 11 is 0. The molecule has 0 bridgehead atoms. The van der Waals surface area contributed by atoms with Crippen molar-refractivity contribution in [3.63, 3.8) is 0 Å². The van der Waals surface area contributed by atoms with Crippen LogP contribution in [0.3, 0.4) is 0 Å². The number of carbonyl (C=O) groups excluding carboxylic acids is 2. The van der Waals surface area contributed by atoms with E-state index in [1.54, 1.807) is 0 Å². The van der Waals surface area contributed by atoms with Gasteiger partial charge in [0.2, 0.25) is 0 Å². The average molecular weight is 455 g/mol. The second kappa shape index (κ2) is 20.5. The summed E-state index contributed by atoms with van der Waals surface area (Å²) in [5.74, 6) is 1.64. The molecule has 0 amide bonds. The van der Waals surface area contributed by atoms with Gasteiger partial charge in [0.25, 0.3) is 0 Å². The fraction of sp³-hybridized carbons (Fsp3) is 0.929. The van der Waals surface area contributed by atoms with Gasteiger partial charge in [-0.25, -0.2) is 0 Å². The van der Waals surface area contributed by atoms with Crippen LogP contribution < -0.4 is 0 Å². The van der Waals surface area contributed by atoms with E-state index in [1.165, 1.54) is 38.5 Å². The van der Waals surface area contributed by atoms with E-state index in [0.29, 0.717) is 37.4 Å². The van der Waals surface area contributed by atoms with E-state index in [9.17, 15) is 9.59 Å². The summed E-state index contributed by atoms with van der Waals surface area (Å²) < 4.78 is 10.8. The highest BCUT2D eigenvalue weighted by Crippen LogP contribution is 2.27. The lowest BCUT2D eigenvalue weighted by molar-refractivity contribution is -0.151. The number of carbonyl (C=O) groups is 2. The number of esters is 2. The monoisotopic (exact) mass is 454 g/mol. The number of ether oxygens (including phenoxy) is 2. The quantitative estimate of drug-likeness (QED) is 0.130. The average Bonchev–Trinajstić information content (AvgIpc) is 2.73. The van der Waals surface area contributed by atoms with Crippen LogP contribution >= 0.6 is 0 Å². The van der Waals surface area contributed by atoms with Crippen LogP contribution in [0.1, 0.15) is 131 Å². The SMILES string of the molecule is CCC(CCCCCCCCCCC(=O)OCCC(C)C)C(CC)C(=O)OCCC(C)C. The van der Waals surface area contributed by atoms with Gasteiger partial charge in [-0.2, -0.15) is 0 Å². The van der Waals surface area contributed by atoms with Crippen LogP contribution in [0.4, 0.5) is 0 Å². The molecule has 0 heterocycles. The molecule has 0 rings (SSSR count). The van der Waals surface area contributed by atoms with E-state index in [-0.39, 0.29) is 17.9 Å². The van der Waals surface area contributed by atoms with Gasteiger partial charge in [-0.3, -0.25) is 9.59 Å². The molecule has 0 saturated heterocycles. The molecule has 4 heteroatoms. The first-order chi connectivity index (χ1) is 15.3. The van der Waals surface area contributed by atoms with Crippen molar-refractivity contribution in [2.75, 3.05) is 13.2 Å². The maximum atomic E-state index is 12.5. The lowest BCUT2D eigenvalue weighted by Crippen LogP contribution is -2.26. The molecule has 0 aliphatic carbocycles. The molecule has 2 atom stereocenters. The summed E-state index contributed by atoms with van der Waals surface area (Å²) in [6, 6.07) is 0. The molecular weight excluding hydrogens is 400 g/mol. The molecule has 0 aromatic carbocycles. The first-order valence-corrected chi connectivity index (χ1v) is 13.6. The third kappa shape index (κ3) is 17.5. The van der Waals surface area contributed by atoms with Crippen LogP contribution in [0, 0.1) is 23.7 Å². The van der Waals surface area contributed by atoms with Crippen molar-refractivity contribution in [3.8, 4) is 0 Å². The van der Waals surface area contributed by atoms with Gasteiger partial charge >= 0.3 is 11.9 Å². The fourth-order valence-electron chi connectivity index (χ4n) is 4.10. The largest absolute Gasteiger partial charge is 0.466 e. The Bertz CT molecular complexity index is 458. The molecule has 2 unspecified atom stereocenters. The zero-order valence-electron chi connectivity index (χ0n) is 22.3. The molecule has 4 nitrogen and oxygen atoms in total. The lowest BCUT2D eigenvalue weighted by atomic mass is 9.84. The topological polar surface area (TPSA) is 52.6 Å². The van der Waals surface area contributed by atoms with Crippen LogP contribution in [0.2, 0.25) is 0 Å². The van der Waals surface area contributed by atoms with Gasteiger partial charge in [-0.05, 0) is 49.9 Å². The van der Waals surface area contributed by atoms with Gasteiger partial charge in [0, 0.05) is 6.42 Å². The predicted molar refractivity (Wildman–Crippen MR) is 135 cm³/mol. The minimum atomic E-state index is -0.0367. The van der Waals surface area contributed by atoms with Gasteiger partial charge in [-0.1, -0.05) is 92.9 Å². The summed E-state index contributed by atoms with van der Waals surface area (Å²) in [6.45, 7) is 14.0. The predicted octanol–water partition coefficient (Wildman–Crippen LogP) is 8.12. The molecule has 0 aliphatic heterocycles. The highest BCUT2D eigenvalue weighted by Gasteiger charge is 2.26. The van der Waals surface area contributed by atoms with Crippen molar-refractivity contribution >= 4 is 11.9 Å². The van der Waals surface area contributed by atoms with Crippen LogP contribution in [0.5, 0.6) is 0 Å². The molecule has 0 aromatic heterocycles. The summed E-state index contributed by atoms with van der Waals surface area (Å²) in [5, 5.41) is 0. The van der Waals surface area contributed by atoms with E-state index in [4.69, 9.17) is 9.47 Å². The van der Waals surface area contributed by atoms with Crippen molar-refractivity contribution in [1.29, 1.82) is 0 Å². The zero-order chi connectivity index (χ0) is 24.2. The normalized spacial score (nSPS) is 13.4. The van der Waals surface area contributed by atoms with Crippen LogP contribution in [-0.2, 0) is 19.1 Å². The van der Waals surface area contributed by atoms with E-state index < -0.39 is 0 Å². The number of hydrogen-bond acceptors (Lipinski definition) is 4. The van der Waals surface area contributed by atoms with Gasteiger partial charge < -0.3 is 9.47 Å². The summed E-state index contributed by atoms with van der Waals surface area (Å²) in [7, 11) is 0. The second-order valence-corrected chi connectivity index (χ2v) is 10.3. The molecule has 0 aromatic rings. The molecule has 0 saturated carbocycles. The minimum Gasteiger partial charge on any atom is -0.466 e. The van der Waals surface area contributed by atoms with Gasteiger partial charge in [-0.15, -0.1) is 0 Å². The Morgan fingerprint density at radius 2 is 1.12 bits per heavy atom. The molecule has 0 N–H and O–H groups in total. The number of rotatable bonds is 21. The second-order valence-electron chi connectivity index (χ2n) is 10.3. The Balaban J connectivity index is 3.77. The fourth-order valence-corrected chi connectivity index (χ4v) is 4.10. The van der Waals surface area contributed by atoms with E-state index >= 15 is 0 Å².